The Labute approximate surface area is 167 Å². The van der Waals surface area contributed by atoms with Crippen molar-refractivity contribution in [3.63, 3.8) is 0 Å². The molecule has 152 valence electrons. The van der Waals surface area contributed by atoms with Crippen LogP contribution in [0.4, 0.5) is 0 Å². The van der Waals surface area contributed by atoms with Crippen LogP contribution >= 0.6 is 0 Å². The van der Waals surface area contributed by atoms with E-state index in [-0.39, 0.29) is 24.5 Å². The molecule has 2 aliphatic rings. The predicted molar refractivity (Wildman–Crippen MR) is 110 cm³/mol. The van der Waals surface area contributed by atoms with Crippen molar-refractivity contribution in [3.8, 4) is 0 Å². The van der Waals surface area contributed by atoms with Crippen LogP contribution in [0.3, 0.4) is 0 Å². The van der Waals surface area contributed by atoms with Gasteiger partial charge < -0.3 is 14.5 Å². The molecule has 0 aliphatic carbocycles. The average Bonchev–Trinajstić information content (AvgIpc) is 2.89. The number of amides is 2. The van der Waals surface area contributed by atoms with Gasteiger partial charge in [-0.3, -0.25) is 14.5 Å². The Bertz CT molecular complexity index is 792. The molecule has 0 radical (unpaired) electrons. The first-order valence-electron chi connectivity index (χ1n) is 10.0. The highest BCUT2D eigenvalue weighted by atomic mass is 16.5. The van der Waals surface area contributed by atoms with Crippen LogP contribution in [0.15, 0.2) is 23.9 Å². The van der Waals surface area contributed by atoms with Gasteiger partial charge in [-0.1, -0.05) is 18.2 Å². The zero-order chi connectivity index (χ0) is 20.4. The average molecular weight is 386 g/mol. The molecule has 0 aromatic heterocycles. The summed E-state index contributed by atoms with van der Waals surface area (Å²) in [4.78, 5) is 32.2. The molecule has 2 aliphatic heterocycles. The third-order valence-corrected chi connectivity index (χ3v) is 5.52. The van der Waals surface area contributed by atoms with E-state index in [9.17, 15) is 9.59 Å². The molecule has 0 spiro atoms. The number of piperazine rings is 1. The van der Waals surface area contributed by atoms with Gasteiger partial charge in [0.25, 0.3) is 11.8 Å². The fraction of sp³-hybridized carbons (Fsp3) is 0.545. The van der Waals surface area contributed by atoms with E-state index in [0.717, 1.165) is 37.3 Å². The zero-order valence-corrected chi connectivity index (χ0v) is 17.6. The van der Waals surface area contributed by atoms with Crippen LogP contribution in [0, 0.1) is 13.8 Å². The normalized spacial score (nSPS) is 18.8. The summed E-state index contributed by atoms with van der Waals surface area (Å²) in [5, 5.41) is 0. The Hall–Kier alpha value is -2.18. The first-order valence-corrected chi connectivity index (χ1v) is 10.0. The van der Waals surface area contributed by atoms with Crippen molar-refractivity contribution in [2.24, 2.45) is 0 Å². The lowest BCUT2D eigenvalue weighted by atomic mass is 9.99. The van der Waals surface area contributed by atoms with Crippen molar-refractivity contribution < 1.29 is 14.3 Å². The number of ether oxygens (including phenoxy) is 1. The van der Waals surface area contributed by atoms with Crippen LogP contribution < -0.4 is 0 Å². The van der Waals surface area contributed by atoms with Crippen LogP contribution in [0.2, 0.25) is 0 Å². The summed E-state index contributed by atoms with van der Waals surface area (Å²) < 4.78 is 5.59. The summed E-state index contributed by atoms with van der Waals surface area (Å²) >= 11 is 0. The van der Waals surface area contributed by atoms with Gasteiger partial charge in [0.15, 0.2) is 0 Å². The van der Waals surface area contributed by atoms with Crippen LogP contribution in [-0.2, 0) is 14.3 Å². The molecule has 1 saturated heterocycles. The van der Waals surface area contributed by atoms with Gasteiger partial charge >= 0.3 is 0 Å². The van der Waals surface area contributed by atoms with Gasteiger partial charge in [-0.25, -0.2) is 0 Å². The second-order valence-corrected chi connectivity index (χ2v) is 7.99. The standard InChI is InChI=1S/C22H31N3O3/c1-15(2)28-13-12-25-21(26)19(18-7-6-16(3)17(4)14-18)20(22(25)27)24-10-8-23(5)9-11-24/h6-7,14-15H,8-13H2,1-5H3. The van der Waals surface area contributed by atoms with E-state index in [4.69, 9.17) is 4.74 Å². The number of imide groups is 1. The minimum Gasteiger partial charge on any atom is -0.377 e. The van der Waals surface area contributed by atoms with Crippen molar-refractivity contribution >= 4 is 17.4 Å². The molecule has 1 aromatic carbocycles. The van der Waals surface area contributed by atoms with Gasteiger partial charge in [0.2, 0.25) is 0 Å². The molecule has 1 aromatic rings. The molecule has 28 heavy (non-hydrogen) atoms. The first-order chi connectivity index (χ1) is 13.3. The molecule has 0 atom stereocenters. The Morgan fingerprint density at radius 2 is 1.68 bits per heavy atom. The number of hydrogen-bond acceptors (Lipinski definition) is 5. The summed E-state index contributed by atoms with van der Waals surface area (Å²) in [6, 6.07) is 5.98. The molecule has 3 rings (SSSR count). The van der Waals surface area contributed by atoms with Crippen molar-refractivity contribution in [3.05, 3.63) is 40.6 Å². The minimum atomic E-state index is -0.213. The molecule has 2 heterocycles. The minimum absolute atomic E-state index is 0.0667. The van der Waals surface area contributed by atoms with Crippen molar-refractivity contribution in [2.75, 3.05) is 46.4 Å². The molecule has 2 amide bonds. The third kappa shape index (κ3) is 4.13. The van der Waals surface area contributed by atoms with E-state index >= 15 is 0 Å². The molecule has 6 heteroatoms. The molecule has 0 bridgehead atoms. The number of carbonyl (C=O) groups excluding carboxylic acids is 2. The van der Waals surface area contributed by atoms with Gasteiger partial charge in [-0.05, 0) is 51.4 Å². The number of nitrogens with zero attached hydrogens (tertiary/aromatic N) is 3. The van der Waals surface area contributed by atoms with Crippen LogP contribution in [0.1, 0.15) is 30.5 Å². The van der Waals surface area contributed by atoms with Crippen molar-refractivity contribution in [2.45, 2.75) is 33.8 Å². The maximum Gasteiger partial charge on any atom is 0.277 e. The van der Waals surface area contributed by atoms with Crippen LogP contribution in [0.25, 0.3) is 5.57 Å². The van der Waals surface area contributed by atoms with Gasteiger partial charge in [0, 0.05) is 26.2 Å². The van der Waals surface area contributed by atoms with E-state index < -0.39 is 0 Å². The number of hydrogen-bond donors (Lipinski definition) is 0. The third-order valence-electron chi connectivity index (χ3n) is 5.52. The number of likely N-dealkylation sites (N-methyl/N-ethyl adjacent to an activating group) is 1. The lowest BCUT2D eigenvalue weighted by molar-refractivity contribution is -0.138. The van der Waals surface area contributed by atoms with Gasteiger partial charge in [0.05, 0.1) is 24.8 Å². The summed E-state index contributed by atoms with van der Waals surface area (Å²) in [5.74, 6) is -0.412. The Balaban J connectivity index is 1.96. The lowest BCUT2D eigenvalue weighted by Gasteiger charge is -2.34. The molecule has 0 unspecified atom stereocenters. The number of aryl methyl sites for hydroxylation is 2. The van der Waals surface area contributed by atoms with Gasteiger partial charge in [0.1, 0.15) is 5.70 Å². The Morgan fingerprint density at radius 1 is 1.00 bits per heavy atom. The van der Waals surface area contributed by atoms with Crippen LogP contribution in [0.5, 0.6) is 0 Å². The first kappa shape index (κ1) is 20.6. The van der Waals surface area contributed by atoms with Crippen LogP contribution in [-0.4, -0.2) is 79.0 Å². The molecule has 6 nitrogen and oxygen atoms in total. The maximum absolute atomic E-state index is 13.3. The van der Waals surface area contributed by atoms with Gasteiger partial charge in [-0.2, -0.15) is 0 Å². The number of rotatable bonds is 6. The zero-order valence-electron chi connectivity index (χ0n) is 17.6. The van der Waals surface area contributed by atoms with E-state index in [1.807, 2.05) is 45.9 Å². The summed E-state index contributed by atoms with van der Waals surface area (Å²) in [5.41, 5.74) is 4.18. The summed E-state index contributed by atoms with van der Waals surface area (Å²) in [6.45, 7) is 11.8. The molecule has 1 fully saturated rings. The second-order valence-electron chi connectivity index (χ2n) is 7.99. The molecule has 0 saturated carbocycles. The fourth-order valence-electron chi connectivity index (χ4n) is 3.63. The second kappa shape index (κ2) is 8.45. The fourth-order valence-corrected chi connectivity index (χ4v) is 3.63. The topological polar surface area (TPSA) is 53.1 Å². The number of benzene rings is 1. The molecular formula is C22H31N3O3. The quantitative estimate of drug-likeness (QED) is 0.702. The largest absolute Gasteiger partial charge is 0.377 e. The monoisotopic (exact) mass is 385 g/mol. The van der Waals surface area contributed by atoms with E-state index in [0.29, 0.717) is 17.9 Å². The Kier molecular flexibility index (Phi) is 6.20. The van der Waals surface area contributed by atoms with E-state index in [1.54, 1.807) is 0 Å². The smallest absolute Gasteiger partial charge is 0.277 e. The van der Waals surface area contributed by atoms with E-state index in [2.05, 4.69) is 16.8 Å². The highest BCUT2D eigenvalue weighted by molar-refractivity contribution is 6.35. The molecule has 0 N–H and O–H groups in total. The maximum atomic E-state index is 13.3. The summed E-state index contributed by atoms with van der Waals surface area (Å²) in [7, 11) is 2.08. The van der Waals surface area contributed by atoms with E-state index in [1.165, 1.54) is 10.5 Å². The highest BCUT2D eigenvalue weighted by Crippen LogP contribution is 2.32. The number of carbonyl (C=O) groups is 2. The lowest BCUT2D eigenvalue weighted by Crippen LogP contribution is -2.46. The Morgan fingerprint density at radius 3 is 2.29 bits per heavy atom. The SMILES string of the molecule is Cc1ccc(C2=C(N3CCN(C)CC3)C(=O)N(CCOC(C)C)C2=O)cc1C. The highest BCUT2D eigenvalue weighted by Gasteiger charge is 2.41. The van der Waals surface area contributed by atoms with Crippen molar-refractivity contribution in [1.82, 2.24) is 14.7 Å². The van der Waals surface area contributed by atoms with Crippen molar-refractivity contribution in [1.29, 1.82) is 0 Å². The predicted octanol–water partition coefficient (Wildman–Crippen LogP) is 2.06. The van der Waals surface area contributed by atoms with Gasteiger partial charge in [-0.15, -0.1) is 0 Å². The molecular weight excluding hydrogens is 354 g/mol. The summed E-state index contributed by atoms with van der Waals surface area (Å²) in [6.07, 6.45) is 0.0667.